The van der Waals surface area contributed by atoms with Crippen molar-refractivity contribution in [1.82, 2.24) is 4.98 Å². The molecule has 0 radical (unpaired) electrons. The van der Waals surface area contributed by atoms with Crippen molar-refractivity contribution in [3.63, 3.8) is 0 Å². The van der Waals surface area contributed by atoms with Crippen molar-refractivity contribution in [3.8, 4) is 11.5 Å². The number of nitrogens with two attached hydrogens (primary N) is 1. The van der Waals surface area contributed by atoms with Crippen LogP contribution in [0.5, 0.6) is 0 Å². The Bertz CT molecular complexity index is 745. The number of primary sulfonamides is 1. The normalized spacial score (nSPS) is 12.7. The number of nitrogens with zero attached hydrogens (tertiary/aromatic N) is 1. The van der Waals surface area contributed by atoms with E-state index in [1.165, 1.54) is 12.1 Å². The lowest BCUT2D eigenvalue weighted by Crippen LogP contribution is -2.12. The van der Waals surface area contributed by atoms with Gasteiger partial charge in [0.05, 0.1) is 11.1 Å². The number of aromatic nitrogens is 1. The smallest absolute Gasteiger partial charge is 0.238 e. The summed E-state index contributed by atoms with van der Waals surface area (Å²) in [7, 11) is -3.83. The van der Waals surface area contributed by atoms with E-state index in [2.05, 4.69) is 4.98 Å². The summed E-state index contributed by atoms with van der Waals surface area (Å²) in [5.74, 6) is 1.01. The highest BCUT2D eigenvalue weighted by Gasteiger charge is 2.20. The van der Waals surface area contributed by atoms with Crippen LogP contribution in [0, 0.1) is 0 Å². The van der Waals surface area contributed by atoms with Crippen LogP contribution in [0.4, 0.5) is 0 Å². The Morgan fingerprint density at radius 2 is 1.90 bits per heavy atom. The van der Waals surface area contributed by atoms with Gasteiger partial charge in [0.25, 0.3) is 0 Å². The largest absolute Gasteiger partial charge is 0.441 e. The number of hydrogen-bond donors (Lipinski definition) is 1. The lowest BCUT2D eigenvalue weighted by molar-refractivity contribution is 0.415. The van der Waals surface area contributed by atoms with Gasteiger partial charge in [-0.3, -0.25) is 0 Å². The minimum Gasteiger partial charge on any atom is -0.441 e. The molecule has 0 bridgehead atoms. The summed E-state index contributed by atoms with van der Waals surface area (Å²) in [4.78, 5) is 4.08. The molecule has 0 spiro atoms. The van der Waals surface area contributed by atoms with Gasteiger partial charge in [-0.2, -0.15) is 0 Å². The third kappa shape index (κ3) is 3.20. The Morgan fingerprint density at radius 1 is 1.25 bits per heavy atom. The maximum Gasteiger partial charge on any atom is 0.238 e. The first-order valence-corrected chi connectivity index (χ1v) is 7.80. The highest BCUT2D eigenvalue weighted by molar-refractivity contribution is 7.89. The average Bonchev–Trinajstić information content (AvgIpc) is 2.75. The fourth-order valence-electron chi connectivity index (χ4n) is 1.60. The Hall–Kier alpha value is -1.37. The molecule has 0 amide bonds. The highest BCUT2D eigenvalue weighted by Crippen LogP contribution is 2.30. The van der Waals surface area contributed by atoms with Gasteiger partial charge in [0.2, 0.25) is 15.9 Å². The number of sulfonamides is 1. The van der Waals surface area contributed by atoms with Crippen LogP contribution in [0.25, 0.3) is 11.5 Å². The zero-order chi connectivity index (χ0) is 15.1. The van der Waals surface area contributed by atoms with E-state index >= 15 is 0 Å². The second-order valence-corrected chi connectivity index (χ2v) is 7.50. The zero-order valence-electron chi connectivity index (χ0n) is 11.3. The van der Waals surface area contributed by atoms with Crippen LogP contribution >= 0.6 is 11.6 Å². The molecule has 2 rings (SSSR count). The van der Waals surface area contributed by atoms with Gasteiger partial charge < -0.3 is 4.42 Å². The van der Waals surface area contributed by atoms with Crippen LogP contribution in [0.1, 0.15) is 26.5 Å². The minimum absolute atomic E-state index is 0.0736. The van der Waals surface area contributed by atoms with Gasteiger partial charge in [-0.05, 0) is 18.2 Å². The van der Waals surface area contributed by atoms with Crippen molar-refractivity contribution in [2.75, 3.05) is 0 Å². The van der Waals surface area contributed by atoms with Gasteiger partial charge in [0.15, 0.2) is 0 Å². The molecule has 0 saturated heterocycles. The molecule has 0 unspecified atom stereocenters. The summed E-state index contributed by atoms with van der Waals surface area (Å²) < 4.78 is 28.5. The molecule has 0 fully saturated rings. The topological polar surface area (TPSA) is 86.2 Å². The van der Waals surface area contributed by atoms with Crippen molar-refractivity contribution in [2.45, 2.75) is 31.1 Å². The van der Waals surface area contributed by atoms with E-state index in [0.29, 0.717) is 17.2 Å². The van der Waals surface area contributed by atoms with Gasteiger partial charge in [0, 0.05) is 16.0 Å². The maximum atomic E-state index is 11.4. The summed E-state index contributed by atoms with van der Waals surface area (Å²) in [6, 6.07) is 4.25. The van der Waals surface area contributed by atoms with E-state index in [0.717, 1.165) is 0 Å². The van der Waals surface area contributed by atoms with Gasteiger partial charge in [-0.25, -0.2) is 18.5 Å². The summed E-state index contributed by atoms with van der Waals surface area (Å²) in [5, 5.41) is 5.36. The Balaban J connectivity index is 2.54. The summed E-state index contributed by atoms with van der Waals surface area (Å²) in [6.07, 6.45) is 1.62. The molecule has 1 heterocycles. The van der Waals surface area contributed by atoms with Crippen LogP contribution in [-0.2, 0) is 15.4 Å². The van der Waals surface area contributed by atoms with Crippen LogP contribution in [-0.4, -0.2) is 13.4 Å². The minimum atomic E-state index is -3.83. The molecule has 2 aromatic rings. The molecule has 20 heavy (non-hydrogen) atoms. The number of rotatable bonds is 2. The fraction of sp³-hybridized carbons (Fsp3) is 0.308. The van der Waals surface area contributed by atoms with Gasteiger partial charge in [0.1, 0.15) is 5.76 Å². The number of benzene rings is 1. The van der Waals surface area contributed by atoms with Crippen molar-refractivity contribution in [2.24, 2.45) is 5.14 Å². The lowest BCUT2D eigenvalue weighted by Gasteiger charge is -2.13. The van der Waals surface area contributed by atoms with Gasteiger partial charge in [-0.15, -0.1) is 0 Å². The second kappa shape index (κ2) is 4.87. The molecule has 2 N–H and O–H groups in total. The SMILES string of the molecule is CC(C)(C)c1cnc(-c2cc(Cl)cc(S(N)(=O)=O)c2)o1. The molecular formula is C13H15ClN2O3S. The molecule has 0 saturated carbocycles. The summed E-state index contributed by atoms with van der Waals surface area (Å²) >= 11 is 5.91. The van der Waals surface area contributed by atoms with Crippen LogP contribution in [0.3, 0.4) is 0 Å². The maximum absolute atomic E-state index is 11.4. The molecule has 0 aliphatic carbocycles. The fourth-order valence-corrected chi connectivity index (χ4v) is 2.49. The van der Waals surface area contributed by atoms with Gasteiger partial charge in [-0.1, -0.05) is 32.4 Å². The predicted octanol–water partition coefficient (Wildman–Crippen LogP) is 2.94. The second-order valence-electron chi connectivity index (χ2n) is 5.50. The number of hydrogen-bond acceptors (Lipinski definition) is 4. The van der Waals surface area contributed by atoms with Crippen molar-refractivity contribution >= 4 is 21.6 Å². The molecule has 0 aliphatic rings. The third-order valence-electron chi connectivity index (χ3n) is 2.69. The third-order valence-corrected chi connectivity index (χ3v) is 3.80. The first-order chi connectivity index (χ1) is 9.07. The van der Waals surface area contributed by atoms with Crippen molar-refractivity contribution < 1.29 is 12.8 Å². The van der Waals surface area contributed by atoms with Crippen molar-refractivity contribution in [3.05, 3.63) is 35.2 Å². The zero-order valence-corrected chi connectivity index (χ0v) is 12.9. The summed E-state index contributed by atoms with van der Waals surface area (Å²) in [5.41, 5.74) is 0.282. The van der Waals surface area contributed by atoms with E-state index in [1.807, 2.05) is 20.8 Å². The molecular weight excluding hydrogens is 300 g/mol. The molecule has 1 aromatic carbocycles. The molecule has 7 heteroatoms. The molecule has 108 valence electrons. The van der Waals surface area contributed by atoms with Crippen molar-refractivity contribution in [1.29, 1.82) is 0 Å². The monoisotopic (exact) mass is 314 g/mol. The predicted molar refractivity (Wildman–Crippen MR) is 77.0 cm³/mol. The number of halogens is 1. The van der Waals surface area contributed by atoms with Gasteiger partial charge >= 0.3 is 0 Å². The first-order valence-electron chi connectivity index (χ1n) is 5.87. The quantitative estimate of drug-likeness (QED) is 0.923. The van der Waals surface area contributed by atoms with E-state index in [9.17, 15) is 8.42 Å². The average molecular weight is 315 g/mol. The van der Waals surface area contributed by atoms with E-state index in [4.69, 9.17) is 21.2 Å². The molecule has 1 aromatic heterocycles. The van der Waals surface area contributed by atoms with Crippen LogP contribution in [0.2, 0.25) is 5.02 Å². The van der Waals surface area contributed by atoms with E-state index in [-0.39, 0.29) is 15.3 Å². The first kappa shape index (κ1) is 15.0. The Kier molecular flexibility index (Phi) is 3.66. The molecule has 5 nitrogen and oxygen atoms in total. The number of oxazole rings is 1. The summed E-state index contributed by atoms with van der Waals surface area (Å²) in [6.45, 7) is 5.97. The Labute approximate surface area is 122 Å². The van der Waals surface area contributed by atoms with Crippen LogP contribution < -0.4 is 5.14 Å². The highest BCUT2D eigenvalue weighted by atomic mass is 35.5. The molecule has 0 atom stereocenters. The Morgan fingerprint density at radius 3 is 2.40 bits per heavy atom. The standard InChI is InChI=1S/C13H15ClN2O3S/c1-13(2,3)11-7-16-12(19-11)8-4-9(14)6-10(5-8)20(15,17)18/h4-7H,1-3H3,(H2,15,17,18). The van der Waals surface area contributed by atoms with E-state index in [1.54, 1.807) is 12.3 Å². The molecule has 0 aliphatic heterocycles. The lowest BCUT2D eigenvalue weighted by atomic mass is 9.94. The van der Waals surface area contributed by atoms with Crippen LogP contribution in [0.15, 0.2) is 33.7 Å². The van der Waals surface area contributed by atoms with E-state index < -0.39 is 10.0 Å².